The Labute approximate surface area is 94.4 Å². The first-order valence-electron chi connectivity index (χ1n) is 5.04. The van der Waals surface area contributed by atoms with Crippen LogP contribution in [0.15, 0.2) is 24.3 Å². The summed E-state index contributed by atoms with van der Waals surface area (Å²) in [5.41, 5.74) is 6.99. The molecule has 0 heterocycles. The van der Waals surface area contributed by atoms with Gasteiger partial charge >= 0.3 is 5.97 Å². The highest BCUT2D eigenvalue weighted by Crippen LogP contribution is 2.07. The molecule has 0 spiro atoms. The van der Waals surface area contributed by atoms with E-state index in [0.717, 1.165) is 11.1 Å². The third-order valence-corrected chi connectivity index (χ3v) is 2.26. The highest BCUT2D eigenvalue weighted by molar-refractivity contribution is 5.74. The molecule has 4 heteroatoms. The number of hydrogen-bond acceptors (Lipinski definition) is 3. The molecule has 2 N–H and O–H groups in total. The van der Waals surface area contributed by atoms with Gasteiger partial charge in [-0.25, -0.2) is 0 Å². The molecule has 0 aliphatic heterocycles. The minimum absolute atomic E-state index is 0.259. The van der Waals surface area contributed by atoms with E-state index < -0.39 is 0 Å². The summed E-state index contributed by atoms with van der Waals surface area (Å²) in [7, 11) is 1.36. The minimum atomic E-state index is -0.307. The lowest BCUT2D eigenvalue weighted by Gasteiger charge is -2.02. The topological polar surface area (TPSA) is 69.4 Å². The van der Waals surface area contributed by atoms with Crippen molar-refractivity contribution in [2.75, 3.05) is 7.11 Å². The lowest BCUT2D eigenvalue weighted by atomic mass is 10.1. The molecule has 0 radical (unpaired) electrons. The molecular formula is C12H15NO3. The molecule has 0 saturated heterocycles. The van der Waals surface area contributed by atoms with Gasteiger partial charge in [0.1, 0.15) is 0 Å². The van der Waals surface area contributed by atoms with Crippen molar-refractivity contribution in [3.05, 3.63) is 35.4 Å². The Morgan fingerprint density at radius 2 is 1.75 bits per heavy atom. The zero-order valence-corrected chi connectivity index (χ0v) is 9.23. The number of nitrogens with two attached hydrogens (primary N) is 1. The number of hydrogen-bond donors (Lipinski definition) is 1. The maximum absolute atomic E-state index is 11.0. The fraction of sp³-hybridized carbons (Fsp3) is 0.333. The fourth-order valence-electron chi connectivity index (χ4n) is 1.33. The molecule has 4 nitrogen and oxygen atoms in total. The first kappa shape index (κ1) is 12.2. The van der Waals surface area contributed by atoms with Gasteiger partial charge in [-0.2, -0.15) is 0 Å². The number of primary amides is 1. The number of carbonyl (C=O) groups excluding carboxylic acids is 2. The van der Waals surface area contributed by atoms with Gasteiger partial charge < -0.3 is 10.5 Å². The van der Waals surface area contributed by atoms with E-state index in [0.29, 0.717) is 12.8 Å². The molecule has 0 unspecified atom stereocenters. The van der Waals surface area contributed by atoms with Crippen LogP contribution >= 0.6 is 0 Å². The summed E-state index contributed by atoms with van der Waals surface area (Å²) in [6.07, 6.45) is 1.25. The SMILES string of the molecule is COC(=O)Cc1ccc(CCC(N)=O)cc1. The number of esters is 1. The van der Waals surface area contributed by atoms with Crippen LogP contribution in [0, 0.1) is 0 Å². The average molecular weight is 221 g/mol. The first-order valence-corrected chi connectivity index (χ1v) is 5.04. The number of ether oxygens (including phenoxy) is 1. The molecule has 1 rings (SSSR count). The van der Waals surface area contributed by atoms with Crippen LogP contribution in [0.1, 0.15) is 17.5 Å². The van der Waals surface area contributed by atoms with E-state index in [1.807, 2.05) is 24.3 Å². The normalized spacial score (nSPS) is 9.81. The van der Waals surface area contributed by atoms with E-state index >= 15 is 0 Å². The average Bonchev–Trinajstić information content (AvgIpc) is 2.28. The van der Waals surface area contributed by atoms with Crippen LogP contribution in [0.3, 0.4) is 0 Å². The summed E-state index contributed by atoms with van der Waals surface area (Å²) in [6, 6.07) is 7.49. The van der Waals surface area contributed by atoms with Crippen molar-refractivity contribution in [2.24, 2.45) is 5.73 Å². The standard InChI is InChI=1S/C12H15NO3/c1-16-12(15)8-10-4-2-9(3-5-10)6-7-11(13)14/h2-5H,6-8H2,1H3,(H2,13,14). The second kappa shape index (κ2) is 5.90. The van der Waals surface area contributed by atoms with Crippen molar-refractivity contribution < 1.29 is 14.3 Å². The van der Waals surface area contributed by atoms with Gasteiger partial charge in [0.25, 0.3) is 0 Å². The van der Waals surface area contributed by atoms with Crippen LogP contribution in [0.4, 0.5) is 0 Å². The summed E-state index contributed by atoms with van der Waals surface area (Å²) in [5.74, 6) is -0.566. The molecular weight excluding hydrogens is 206 g/mol. The van der Waals surface area contributed by atoms with Crippen molar-refractivity contribution in [2.45, 2.75) is 19.3 Å². The van der Waals surface area contributed by atoms with E-state index in [1.54, 1.807) is 0 Å². The van der Waals surface area contributed by atoms with E-state index in [2.05, 4.69) is 4.74 Å². The van der Waals surface area contributed by atoms with Gasteiger partial charge in [-0.05, 0) is 17.5 Å². The van der Waals surface area contributed by atoms with Crippen LogP contribution < -0.4 is 5.73 Å². The van der Waals surface area contributed by atoms with E-state index in [-0.39, 0.29) is 18.3 Å². The van der Waals surface area contributed by atoms with Crippen molar-refractivity contribution in [3.8, 4) is 0 Å². The predicted molar refractivity (Wildman–Crippen MR) is 59.7 cm³/mol. The highest BCUT2D eigenvalue weighted by atomic mass is 16.5. The third kappa shape index (κ3) is 4.13. The van der Waals surface area contributed by atoms with Gasteiger partial charge in [-0.15, -0.1) is 0 Å². The zero-order chi connectivity index (χ0) is 12.0. The van der Waals surface area contributed by atoms with E-state index in [4.69, 9.17) is 5.73 Å². The lowest BCUT2D eigenvalue weighted by Crippen LogP contribution is -2.11. The maximum atomic E-state index is 11.0. The number of amides is 1. The maximum Gasteiger partial charge on any atom is 0.309 e. The van der Waals surface area contributed by atoms with Crippen LogP contribution in [-0.4, -0.2) is 19.0 Å². The Kier molecular flexibility index (Phi) is 4.51. The third-order valence-electron chi connectivity index (χ3n) is 2.26. The lowest BCUT2D eigenvalue weighted by molar-refractivity contribution is -0.139. The number of rotatable bonds is 5. The van der Waals surface area contributed by atoms with Gasteiger partial charge in [0.05, 0.1) is 13.5 Å². The van der Waals surface area contributed by atoms with Gasteiger partial charge in [0, 0.05) is 6.42 Å². The molecule has 0 aliphatic carbocycles. The van der Waals surface area contributed by atoms with Crippen molar-refractivity contribution in [1.82, 2.24) is 0 Å². The van der Waals surface area contributed by atoms with E-state index in [1.165, 1.54) is 7.11 Å². The molecule has 1 amide bonds. The summed E-state index contributed by atoms with van der Waals surface area (Å²) in [6.45, 7) is 0. The largest absolute Gasteiger partial charge is 0.469 e. The van der Waals surface area contributed by atoms with Crippen LogP contribution in [0.25, 0.3) is 0 Å². The Morgan fingerprint density at radius 3 is 2.25 bits per heavy atom. The molecule has 0 aromatic heterocycles. The fourth-order valence-corrected chi connectivity index (χ4v) is 1.33. The molecule has 1 aromatic carbocycles. The second-order valence-corrected chi connectivity index (χ2v) is 3.54. The Balaban J connectivity index is 2.54. The summed E-state index contributed by atoms with van der Waals surface area (Å²) >= 11 is 0. The van der Waals surface area contributed by atoms with Gasteiger partial charge in [0.15, 0.2) is 0 Å². The molecule has 16 heavy (non-hydrogen) atoms. The Morgan fingerprint density at radius 1 is 1.19 bits per heavy atom. The molecule has 0 aliphatic rings. The Hall–Kier alpha value is -1.84. The first-order chi connectivity index (χ1) is 7.61. The molecule has 0 bridgehead atoms. The molecule has 1 aromatic rings. The van der Waals surface area contributed by atoms with E-state index in [9.17, 15) is 9.59 Å². The molecule has 0 atom stereocenters. The number of aryl methyl sites for hydroxylation is 1. The van der Waals surface area contributed by atoms with Crippen molar-refractivity contribution in [1.29, 1.82) is 0 Å². The smallest absolute Gasteiger partial charge is 0.309 e. The molecule has 0 fully saturated rings. The Bertz CT molecular complexity index is 370. The monoisotopic (exact) mass is 221 g/mol. The molecule has 86 valence electrons. The quantitative estimate of drug-likeness (QED) is 0.748. The van der Waals surface area contributed by atoms with Gasteiger partial charge in [-0.1, -0.05) is 24.3 Å². The highest BCUT2D eigenvalue weighted by Gasteiger charge is 2.03. The van der Waals surface area contributed by atoms with Gasteiger partial charge in [0.2, 0.25) is 5.91 Å². The summed E-state index contributed by atoms with van der Waals surface area (Å²) in [4.78, 5) is 21.6. The zero-order valence-electron chi connectivity index (χ0n) is 9.23. The minimum Gasteiger partial charge on any atom is -0.469 e. The number of carbonyl (C=O) groups is 2. The number of methoxy groups -OCH3 is 1. The van der Waals surface area contributed by atoms with Crippen LogP contribution in [-0.2, 0) is 27.2 Å². The van der Waals surface area contributed by atoms with Crippen molar-refractivity contribution >= 4 is 11.9 Å². The predicted octanol–water partition coefficient (Wildman–Crippen LogP) is 0.820. The van der Waals surface area contributed by atoms with Gasteiger partial charge in [-0.3, -0.25) is 9.59 Å². The molecule has 0 saturated carbocycles. The summed E-state index contributed by atoms with van der Waals surface area (Å²) < 4.78 is 4.56. The second-order valence-electron chi connectivity index (χ2n) is 3.54. The number of benzene rings is 1. The summed E-state index contributed by atoms with van der Waals surface area (Å²) in [5, 5.41) is 0. The van der Waals surface area contributed by atoms with Crippen LogP contribution in [0.5, 0.6) is 0 Å². The van der Waals surface area contributed by atoms with Crippen molar-refractivity contribution in [3.63, 3.8) is 0 Å². The van der Waals surface area contributed by atoms with Crippen LogP contribution in [0.2, 0.25) is 0 Å².